The summed E-state index contributed by atoms with van der Waals surface area (Å²) in [5.41, 5.74) is 0.825. The lowest BCUT2D eigenvalue weighted by atomic mass is 9.86. The van der Waals surface area contributed by atoms with Crippen LogP contribution in [-0.2, 0) is 4.79 Å². The van der Waals surface area contributed by atoms with Gasteiger partial charge in [0.1, 0.15) is 5.75 Å². The Labute approximate surface area is 163 Å². The van der Waals surface area contributed by atoms with Gasteiger partial charge in [0.2, 0.25) is 11.8 Å². The number of ether oxygens (including phenoxy) is 1. The summed E-state index contributed by atoms with van der Waals surface area (Å²) in [7, 11) is 1.62. The Morgan fingerprint density at radius 1 is 1.26 bits per heavy atom. The number of aromatic nitrogens is 2. The average Bonchev–Trinajstić information content (AvgIpc) is 3.43. The summed E-state index contributed by atoms with van der Waals surface area (Å²) in [6.45, 7) is 0.772. The molecule has 1 N–H and O–H groups in total. The summed E-state index contributed by atoms with van der Waals surface area (Å²) in [5, 5.41) is 11.5. The van der Waals surface area contributed by atoms with E-state index in [9.17, 15) is 4.79 Å². The van der Waals surface area contributed by atoms with Gasteiger partial charge in [-0.2, -0.15) is 0 Å². The maximum atomic E-state index is 12.1. The normalized spacial score (nSPS) is 23.5. The zero-order chi connectivity index (χ0) is 18.6. The first kappa shape index (κ1) is 18.3. The number of carbonyl (C=O) groups is 1. The molecule has 4 rings (SSSR count). The maximum absolute atomic E-state index is 12.1. The summed E-state index contributed by atoms with van der Waals surface area (Å²) in [6.07, 6.45) is 6.72. The second-order valence-corrected chi connectivity index (χ2v) is 8.39. The van der Waals surface area contributed by atoms with Gasteiger partial charge in [-0.25, -0.2) is 0 Å². The lowest BCUT2D eigenvalue weighted by Gasteiger charge is -2.21. The number of fused-ring (bicyclic) bond motifs is 2. The molecular weight excluding hydrogens is 362 g/mol. The van der Waals surface area contributed by atoms with Crippen molar-refractivity contribution >= 4 is 17.7 Å². The molecule has 0 radical (unpaired) electrons. The summed E-state index contributed by atoms with van der Waals surface area (Å²) in [5.74, 6) is 4.22. The van der Waals surface area contributed by atoms with Gasteiger partial charge in [-0.05, 0) is 67.7 Å². The Balaban J connectivity index is 1.19. The molecule has 1 aromatic heterocycles. The van der Waals surface area contributed by atoms with E-state index < -0.39 is 0 Å². The van der Waals surface area contributed by atoms with Crippen LogP contribution in [0.2, 0.25) is 0 Å². The van der Waals surface area contributed by atoms with E-state index in [4.69, 9.17) is 9.15 Å². The Morgan fingerprint density at radius 3 is 2.81 bits per heavy atom. The zero-order valence-electron chi connectivity index (χ0n) is 15.5. The van der Waals surface area contributed by atoms with Crippen molar-refractivity contribution in [3.05, 3.63) is 24.3 Å². The van der Waals surface area contributed by atoms with Gasteiger partial charge in [0, 0.05) is 12.1 Å². The second-order valence-electron chi connectivity index (χ2n) is 7.46. The highest BCUT2D eigenvalue weighted by molar-refractivity contribution is 7.99. The van der Waals surface area contributed by atoms with Crippen LogP contribution in [0.1, 0.15) is 32.1 Å². The molecule has 3 unspecified atom stereocenters. The van der Waals surface area contributed by atoms with Crippen molar-refractivity contribution < 1.29 is 13.9 Å². The molecule has 2 aliphatic rings. The highest BCUT2D eigenvalue weighted by Gasteiger charge is 2.38. The molecule has 1 aromatic carbocycles. The van der Waals surface area contributed by atoms with Gasteiger partial charge >= 0.3 is 0 Å². The number of nitrogens with one attached hydrogen (secondary N) is 1. The summed E-state index contributed by atoms with van der Waals surface area (Å²) >= 11 is 1.27. The number of methoxy groups -OCH3 is 1. The highest BCUT2D eigenvalue weighted by Crippen LogP contribution is 2.49. The maximum Gasteiger partial charge on any atom is 0.277 e. The first-order valence-electron chi connectivity index (χ1n) is 9.58. The first-order chi connectivity index (χ1) is 13.2. The van der Waals surface area contributed by atoms with Crippen LogP contribution < -0.4 is 10.1 Å². The van der Waals surface area contributed by atoms with E-state index in [2.05, 4.69) is 15.5 Å². The predicted molar refractivity (Wildman–Crippen MR) is 104 cm³/mol. The van der Waals surface area contributed by atoms with Crippen LogP contribution in [0.5, 0.6) is 5.75 Å². The van der Waals surface area contributed by atoms with Crippen molar-refractivity contribution in [2.24, 2.45) is 17.8 Å². The number of amides is 1. The molecule has 7 heteroatoms. The molecule has 2 aliphatic carbocycles. The SMILES string of the molecule is COc1ccc(-c2nnc(SCC(=O)NCCC3CC4CCC3C4)o2)cc1. The number of benzene rings is 1. The predicted octanol–water partition coefficient (Wildman–Crippen LogP) is 3.78. The fraction of sp³-hybridized carbons (Fsp3) is 0.550. The monoisotopic (exact) mass is 387 g/mol. The van der Waals surface area contributed by atoms with Crippen molar-refractivity contribution in [1.29, 1.82) is 0 Å². The van der Waals surface area contributed by atoms with Gasteiger partial charge in [0.05, 0.1) is 12.9 Å². The highest BCUT2D eigenvalue weighted by atomic mass is 32.2. The van der Waals surface area contributed by atoms with Gasteiger partial charge in [-0.1, -0.05) is 18.2 Å². The van der Waals surface area contributed by atoms with E-state index >= 15 is 0 Å². The third-order valence-electron chi connectivity index (χ3n) is 5.79. The Morgan fingerprint density at radius 2 is 2.11 bits per heavy atom. The molecule has 0 saturated heterocycles. The quantitative estimate of drug-likeness (QED) is 0.695. The van der Waals surface area contributed by atoms with Crippen LogP contribution in [0.25, 0.3) is 11.5 Å². The molecule has 27 heavy (non-hydrogen) atoms. The third kappa shape index (κ3) is 4.46. The number of hydrogen-bond donors (Lipinski definition) is 1. The van der Waals surface area contributed by atoms with E-state index in [-0.39, 0.29) is 5.91 Å². The minimum absolute atomic E-state index is 0.0207. The second kappa shape index (κ2) is 8.33. The molecule has 0 aliphatic heterocycles. The van der Waals surface area contributed by atoms with Gasteiger partial charge in [-0.15, -0.1) is 10.2 Å². The van der Waals surface area contributed by atoms with Crippen LogP contribution in [0.15, 0.2) is 33.9 Å². The van der Waals surface area contributed by atoms with Crippen LogP contribution in [-0.4, -0.2) is 35.5 Å². The molecule has 2 saturated carbocycles. The minimum atomic E-state index is 0.0207. The average molecular weight is 388 g/mol. The molecule has 144 valence electrons. The fourth-order valence-corrected chi connectivity index (χ4v) is 5.02. The summed E-state index contributed by atoms with van der Waals surface area (Å²) in [6, 6.07) is 7.41. The third-order valence-corrected chi connectivity index (χ3v) is 6.61. The molecule has 2 bridgehead atoms. The first-order valence-corrected chi connectivity index (χ1v) is 10.6. The number of hydrogen-bond acceptors (Lipinski definition) is 6. The van der Waals surface area contributed by atoms with Crippen LogP contribution in [0.3, 0.4) is 0 Å². The van der Waals surface area contributed by atoms with Gasteiger partial charge < -0.3 is 14.5 Å². The number of nitrogens with zero attached hydrogens (tertiary/aromatic N) is 2. The zero-order valence-corrected chi connectivity index (χ0v) is 16.3. The van der Waals surface area contributed by atoms with E-state index in [1.165, 1.54) is 37.4 Å². The van der Waals surface area contributed by atoms with Gasteiger partial charge in [-0.3, -0.25) is 4.79 Å². The molecule has 0 spiro atoms. The molecule has 2 aromatic rings. The topological polar surface area (TPSA) is 77.2 Å². The Bertz CT molecular complexity index is 777. The van der Waals surface area contributed by atoms with E-state index in [0.717, 1.165) is 42.0 Å². The summed E-state index contributed by atoms with van der Waals surface area (Å²) in [4.78, 5) is 12.1. The molecule has 3 atom stereocenters. The molecule has 1 heterocycles. The lowest BCUT2D eigenvalue weighted by molar-refractivity contribution is -0.118. The molecular formula is C20H25N3O3S. The summed E-state index contributed by atoms with van der Waals surface area (Å²) < 4.78 is 10.8. The van der Waals surface area contributed by atoms with E-state index in [1.807, 2.05) is 24.3 Å². The smallest absolute Gasteiger partial charge is 0.277 e. The van der Waals surface area contributed by atoms with E-state index in [1.54, 1.807) is 7.11 Å². The number of rotatable bonds is 8. The van der Waals surface area contributed by atoms with Crippen molar-refractivity contribution in [2.75, 3.05) is 19.4 Å². The number of carbonyl (C=O) groups excluding carboxylic acids is 1. The largest absolute Gasteiger partial charge is 0.497 e. The molecule has 2 fully saturated rings. The fourth-order valence-electron chi connectivity index (χ4n) is 4.42. The van der Waals surface area contributed by atoms with Crippen molar-refractivity contribution in [2.45, 2.75) is 37.3 Å². The lowest BCUT2D eigenvalue weighted by Crippen LogP contribution is -2.28. The van der Waals surface area contributed by atoms with Crippen molar-refractivity contribution in [3.63, 3.8) is 0 Å². The standard InChI is InChI=1S/C20H25N3O3S/c1-25-17-6-4-14(5-7-17)19-22-23-20(26-19)27-12-18(24)21-9-8-16-11-13-2-3-15(16)10-13/h4-7,13,15-16H,2-3,8-12H2,1H3,(H,21,24). The Hall–Kier alpha value is -2.02. The molecule has 6 nitrogen and oxygen atoms in total. The van der Waals surface area contributed by atoms with Crippen molar-refractivity contribution in [3.8, 4) is 17.2 Å². The Kier molecular flexibility index (Phi) is 5.66. The van der Waals surface area contributed by atoms with Gasteiger partial charge in [0.25, 0.3) is 5.22 Å². The van der Waals surface area contributed by atoms with Crippen LogP contribution in [0, 0.1) is 17.8 Å². The number of thioether (sulfide) groups is 1. The van der Waals surface area contributed by atoms with Crippen molar-refractivity contribution in [1.82, 2.24) is 15.5 Å². The van der Waals surface area contributed by atoms with Gasteiger partial charge in [0.15, 0.2) is 0 Å². The van der Waals surface area contributed by atoms with Crippen LogP contribution in [0.4, 0.5) is 0 Å². The molecule has 1 amide bonds. The minimum Gasteiger partial charge on any atom is -0.497 e. The van der Waals surface area contributed by atoms with Crippen LogP contribution >= 0.6 is 11.8 Å². The van der Waals surface area contributed by atoms with E-state index in [0.29, 0.717) is 16.9 Å².